The van der Waals surface area contributed by atoms with E-state index in [2.05, 4.69) is 51.3 Å². The van der Waals surface area contributed by atoms with Crippen LogP contribution in [0.1, 0.15) is 388 Å². The van der Waals surface area contributed by atoms with Gasteiger partial charge in [-0.15, -0.1) is 0 Å². The molecule has 0 bridgehead atoms. The van der Waals surface area contributed by atoms with Crippen LogP contribution >= 0.6 is 0 Å². The van der Waals surface area contributed by atoms with Crippen LogP contribution in [0.2, 0.25) is 0 Å². The third kappa shape index (κ3) is 63.2. The monoisotopic (exact) mass is 1090 g/mol. The number of carboxylic acid groups (broad SMARTS) is 2. The zero-order valence-electron chi connectivity index (χ0n) is 52.4. The SMILES string of the molecule is CCCCCCCCCCCCCCN(CCCCCCCCCCCCCC)C(CCC)CC(=O)[O-].CCCCCCCCCCCCCCN(CCCCCCCCCCCCCC)C(CCC)CC(=O)[O-].[Ca+2]. The van der Waals surface area contributed by atoms with Crippen LogP contribution in [0.15, 0.2) is 0 Å². The molecule has 0 radical (unpaired) electrons. The number of carbonyl (C=O) groups excluding carboxylic acids is 2. The van der Waals surface area contributed by atoms with Gasteiger partial charge in [0.2, 0.25) is 0 Å². The van der Waals surface area contributed by atoms with Gasteiger partial charge in [-0.2, -0.15) is 0 Å². The van der Waals surface area contributed by atoms with Crippen molar-refractivity contribution in [3.63, 3.8) is 0 Å². The molecule has 2 atom stereocenters. The van der Waals surface area contributed by atoms with Gasteiger partial charge in [0.05, 0.1) is 0 Å². The van der Waals surface area contributed by atoms with E-state index in [1.54, 1.807) is 0 Å². The van der Waals surface area contributed by atoms with E-state index >= 15 is 0 Å². The van der Waals surface area contributed by atoms with Gasteiger partial charge in [0.15, 0.2) is 0 Å². The molecule has 75 heavy (non-hydrogen) atoms. The Bertz CT molecular complexity index is 940. The Hall–Kier alpha value is 0.120. The van der Waals surface area contributed by atoms with E-state index in [4.69, 9.17) is 0 Å². The van der Waals surface area contributed by atoms with E-state index in [-0.39, 0.29) is 62.7 Å². The Kier molecular flexibility index (Phi) is 72.4. The quantitative estimate of drug-likeness (QED) is 0.0445. The molecule has 6 nitrogen and oxygen atoms in total. The predicted molar refractivity (Wildman–Crippen MR) is 330 cm³/mol. The van der Waals surface area contributed by atoms with Crippen LogP contribution in [0.4, 0.5) is 0 Å². The van der Waals surface area contributed by atoms with Gasteiger partial charge in [0, 0.05) is 36.9 Å². The number of carboxylic acids is 2. The summed E-state index contributed by atoms with van der Waals surface area (Å²) in [6, 6.07) is 0.325. The Labute approximate surface area is 502 Å². The molecule has 0 amide bonds. The third-order valence-corrected chi connectivity index (χ3v) is 16.3. The maximum absolute atomic E-state index is 11.4. The second-order valence-corrected chi connectivity index (χ2v) is 23.7. The number of rotatable bonds is 62. The number of carbonyl (C=O) groups is 2. The normalized spacial score (nSPS) is 12.3. The number of hydrogen-bond acceptors (Lipinski definition) is 6. The molecule has 0 saturated carbocycles. The summed E-state index contributed by atoms with van der Waals surface area (Å²) in [7, 11) is 0. The molecule has 0 saturated heterocycles. The number of nitrogens with zero attached hydrogens (tertiary/aromatic N) is 2. The molecule has 0 aliphatic rings. The van der Waals surface area contributed by atoms with E-state index in [9.17, 15) is 19.8 Å². The van der Waals surface area contributed by atoms with Crippen LogP contribution in [0.25, 0.3) is 0 Å². The minimum absolute atomic E-state index is 0. The minimum Gasteiger partial charge on any atom is -0.550 e. The zero-order chi connectivity index (χ0) is 54.5. The molecule has 7 heteroatoms. The molecule has 0 aliphatic heterocycles. The van der Waals surface area contributed by atoms with Gasteiger partial charge in [-0.05, 0) is 64.7 Å². The Morgan fingerprint density at radius 1 is 0.253 bits per heavy atom. The van der Waals surface area contributed by atoms with Crippen molar-refractivity contribution in [2.24, 2.45) is 0 Å². The summed E-state index contributed by atoms with van der Waals surface area (Å²) >= 11 is 0. The van der Waals surface area contributed by atoms with Crippen molar-refractivity contribution >= 4 is 49.7 Å². The van der Waals surface area contributed by atoms with E-state index < -0.39 is 11.9 Å². The molecule has 0 aliphatic carbocycles. The smallest absolute Gasteiger partial charge is 0.550 e. The van der Waals surface area contributed by atoms with Crippen molar-refractivity contribution < 1.29 is 19.8 Å². The van der Waals surface area contributed by atoms with Crippen molar-refractivity contribution in [1.29, 1.82) is 0 Å². The van der Waals surface area contributed by atoms with Crippen molar-refractivity contribution in [2.45, 2.75) is 400 Å². The summed E-state index contributed by atoms with van der Waals surface area (Å²) in [5.74, 6) is -1.76. The standard InChI is InChI=1S/2C34H69NO2.Ca/c2*1-4-7-9-11-13-15-17-19-21-23-25-27-30-35(33(29-6-3)32-34(36)37)31-28-26-24-22-20-18-16-14-12-10-8-5-2;/h2*33H,4-32H2,1-3H3,(H,36,37);/q;;+2/p-2. The van der Waals surface area contributed by atoms with Crippen LogP contribution in [0.5, 0.6) is 0 Å². The Morgan fingerprint density at radius 3 is 0.533 bits per heavy atom. The van der Waals surface area contributed by atoms with Crippen LogP contribution in [0, 0.1) is 0 Å². The van der Waals surface area contributed by atoms with E-state index in [1.807, 2.05) is 0 Å². The van der Waals surface area contributed by atoms with E-state index in [0.717, 1.165) is 51.9 Å². The molecule has 2 unspecified atom stereocenters. The molecule has 0 fully saturated rings. The molecule has 0 N–H and O–H groups in total. The number of hydrogen-bond donors (Lipinski definition) is 0. The van der Waals surface area contributed by atoms with Gasteiger partial charge in [0.25, 0.3) is 0 Å². The summed E-state index contributed by atoms with van der Waals surface area (Å²) in [5, 5.41) is 22.8. The molecule has 0 aromatic rings. The molecule has 0 spiro atoms. The van der Waals surface area contributed by atoms with Crippen molar-refractivity contribution in [2.75, 3.05) is 26.2 Å². The minimum atomic E-state index is -0.882. The first-order chi connectivity index (χ1) is 36.3. The van der Waals surface area contributed by atoms with Gasteiger partial charge in [-0.25, -0.2) is 0 Å². The topological polar surface area (TPSA) is 86.7 Å². The first kappa shape index (κ1) is 79.3. The molecule has 0 aromatic carbocycles. The van der Waals surface area contributed by atoms with E-state index in [1.165, 1.54) is 308 Å². The van der Waals surface area contributed by atoms with Gasteiger partial charge in [-0.3, -0.25) is 0 Å². The zero-order valence-corrected chi connectivity index (χ0v) is 54.6. The summed E-state index contributed by atoms with van der Waals surface area (Å²) in [5.41, 5.74) is 0. The summed E-state index contributed by atoms with van der Waals surface area (Å²) < 4.78 is 0. The van der Waals surface area contributed by atoms with Gasteiger partial charge >= 0.3 is 37.7 Å². The molecule has 0 rings (SSSR count). The predicted octanol–water partition coefficient (Wildman–Crippen LogP) is 19.6. The summed E-state index contributed by atoms with van der Waals surface area (Å²) in [6.45, 7) is 17.7. The maximum Gasteiger partial charge on any atom is 2.00 e. The van der Waals surface area contributed by atoms with Crippen LogP contribution in [-0.4, -0.2) is 97.7 Å². The van der Waals surface area contributed by atoms with Crippen LogP contribution in [-0.2, 0) is 9.59 Å². The second-order valence-electron chi connectivity index (χ2n) is 23.7. The molecule has 0 heterocycles. The fourth-order valence-electron chi connectivity index (χ4n) is 11.5. The third-order valence-electron chi connectivity index (χ3n) is 16.3. The average Bonchev–Trinajstić information content (AvgIpc) is 3.38. The van der Waals surface area contributed by atoms with Gasteiger partial charge in [-0.1, -0.05) is 337 Å². The molecule has 0 aromatic heterocycles. The second kappa shape index (κ2) is 68.4. The molecule has 444 valence electrons. The van der Waals surface area contributed by atoms with Crippen LogP contribution < -0.4 is 10.2 Å². The first-order valence-corrected chi connectivity index (χ1v) is 34.2. The fourth-order valence-corrected chi connectivity index (χ4v) is 11.5. The van der Waals surface area contributed by atoms with Gasteiger partial charge < -0.3 is 29.6 Å². The van der Waals surface area contributed by atoms with Crippen molar-refractivity contribution in [3.05, 3.63) is 0 Å². The molecular formula is C68H136CaN2O4. The number of aliphatic carboxylic acids is 2. The first-order valence-electron chi connectivity index (χ1n) is 34.2. The Morgan fingerprint density at radius 2 is 0.400 bits per heavy atom. The summed E-state index contributed by atoms with van der Waals surface area (Å²) in [4.78, 5) is 27.8. The van der Waals surface area contributed by atoms with Gasteiger partial charge in [0.1, 0.15) is 0 Å². The molecular weight excluding hydrogens is 949 g/mol. The maximum atomic E-state index is 11.4. The Balaban J connectivity index is -0.00000136. The van der Waals surface area contributed by atoms with E-state index in [0.29, 0.717) is 0 Å². The van der Waals surface area contributed by atoms with Crippen molar-refractivity contribution in [1.82, 2.24) is 9.80 Å². The largest absolute Gasteiger partial charge is 2.00 e. The average molecular weight is 1090 g/mol. The fraction of sp³-hybridized carbons (Fsp3) is 0.971. The number of unbranched alkanes of at least 4 members (excludes halogenated alkanes) is 44. The van der Waals surface area contributed by atoms with Crippen LogP contribution in [0.3, 0.4) is 0 Å². The van der Waals surface area contributed by atoms with Crippen molar-refractivity contribution in [3.8, 4) is 0 Å². The summed E-state index contributed by atoms with van der Waals surface area (Å²) in [6.07, 6.45) is 70.1.